The van der Waals surface area contributed by atoms with Crippen molar-refractivity contribution in [1.82, 2.24) is 15.1 Å². The molecule has 2 aromatic rings. The van der Waals surface area contributed by atoms with Crippen molar-refractivity contribution in [2.75, 3.05) is 12.3 Å². The average Bonchev–Trinajstić information content (AvgIpc) is 2.61. The summed E-state index contributed by atoms with van der Waals surface area (Å²) in [6, 6.07) is 8.48. The van der Waals surface area contributed by atoms with Gasteiger partial charge in [0.05, 0.1) is 11.9 Å². The quantitative estimate of drug-likeness (QED) is 0.781. The van der Waals surface area contributed by atoms with E-state index in [1.807, 2.05) is 24.3 Å². The summed E-state index contributed by atoms with van der Waals surface area (Å²) in [5.74, 6) is 0.659. The Balaban J connectivity index is 1.67. The average molecular weight is 329 g/mol. The van der Waals surface area contributed by atoms with Gasteiger partial charge in [0.15, 0.2) is 0 Å². The van der Waals surface area contributed by atoms with Crippen LogP contribution in [0, 0.1) is 0 Å². The molecule has 0 unspecified atom stereocenters. The largest absolute Gasteiger partial charge is 0.339 e. The summed E-state index contributed by atoms with van der Waals surface area (Å²) in [7, 11) is 0. The van der Waals surface area contributed by atoms with Crippen molar-refractivity contribution < 1.29 is 4.79 Å². The summed E-state index contributed by atoms with van der Waals surface area (Å²) in [4.78, 5) is 14.7. The minimum Gasteiger partial charge on any atom is -0.339 e. The fraction of sp³-hybridized carbons (Fsp3) is 0.500. The Labute approximate surface area is 141 Å². The molecular weight excluding hydrogens is 306 g/mol. The predicted octanol–water partition coefficient (Wildman–Crippen LogP) is 3.90. The molecule has 3 rings (SSSR count). The van der Waals surface area contributed by atoms with Gasteiger partial charge in [-0.2, -0.15) is 5.10 Å². The first-order chi connectivity index (χ1) is 11.3. The lowest BCUT2D eigenvalue weighted by molar-refractivity contribution is -0.131. The molecule has 0 spiro atoms. The minimum atomic E-state index is 0.221. The van der Waals surface area contributed by atoms with Crippen molar-refractivity contribution in [3.05, 3.63) is 30.5 Å². The fourth-order valence-electron chi connectivity index (χ4n) is 3.35. The maximum Gasteiger partial charge on any atom is 0.233 e. The molecule has 5 heteroatoms. The Morgan fingerprint density at radius 1 is 1.26 bits per heavy atom. The highest BCUT2D eigenvalue weighted by molar-refractivity contribution is 8.00. The van der Waals surface area contributed by atoms with Gasteiger partial charge in [-0.25, -0.2) is 0 Å². The van der Waals surface area contributed by atoms with Crippen LogP contribution < -0.4 is 0 Å². The maximum atomic E-state index is 12.6. The molecule has 0 bridgehead atoms. The van der Waals surface area contributed by atoms with E-state index in [0.717, 1.165) is 35.2 Å². The SMILES string of the molecule is CCN(C(=O)CSc1nncc2ccccc12)C1CCCCC1. The van der Waals surface area contributed by atoms with Crippen molar-refractivity contribution in [2.24, 2.45) is 0 Å². The van der Waals surface area contributed by atoms with Crippen LogP contribution in [0.3, 0.4) is 0 Å². The minimum absolute atomic E-state index is 0.221. The van der Waals surface area contributed by atoms with Crippen LogP contribution in [0.5, 0.6) is 0 Å². The molecule has 1 aromatic heterocycles. The standard InChI is InChI=1S/C18H23N3OS/c1-2-21(15-9-4-3-5-10-15)17(22)13-23-18-16-11-7-6-8-14(16)12-19-20-18/h6-8,11-12,15H,2-5,9-10,13H2,1H3. The van der Waals surface area contributed by atoms with Gasteiger partial charge in [0.1, 0.15) is 5.03 Å². The van der Waals surface area contributed by atoms with Crippen molar-refractivity contribution >= 4 is 28.4 Å². The van der Waals surface area contributed by atoms with E-state index in [2.05, 4.69) is 22.0 Å². The third-order valence-electron chi connectivity index (χ3n) is 4.55. The Hall–Kier alpha value is -1.62. The summed E-state index contributed by atoms with van der Waals surface area (Å²) in [6.07, 6.45) is 7.87. The number of benzene rings is 1. The number of hydrogen-bond donors (Lipinski definition) is 0. The molecule has 23 heavy (non-hydrogen) atoms. The van der Waals surface area contributed by atoms with E-state index in [0.29, 0.717) is 11.8 Å². The van der Waals surface area contributed by atoms with Crippen molar-refractivity contribution in [2.45, 2.75) is 50.1 Å². The second-order valence-electron chi connectivity index (χ2n) is 6.00. The second-order valence-corrected chi connectivity index (χ2v) is 6.96. The van der Waals surface area contributed by atoms with Crippen LogP contribution in [-0.2, 0) is 4.79 Å². The Morgan fingerprint density at radius 3 is 2.83 bits per heavy atom. The van der Waals surface area contributed by atoms with Crippen LogP contribution in [0.4, 0.5) is 0 Å². The van der Waals surface area contributed by atoms with Gasteiger partial charge in [-0.3, -0.25) is 4.79 Å². The first kappa shape index (κ1) is 16.2. The summed E-state index contributed by atoms with van der Waals surface area (Å²) >= 11 is 1.50. The van der Waals surface area contributed by atoms with Crippen LogP contribution in [0.25, 0.3) is 10.8 Å². The summed E-state index contributed by atoms with van der Waals surface area (Å²) in [5, 5.41) is 11.2. The Kier molecular flexibility index (Phi) is 5.49. The normalized spacial score (nSPS) is 15.7. The first-order valence-electron chi connectivity index (χ1n) is 8.42. The zero-order valence-electron chi connectivity index (χ0n) is 13.6. The van der Waals surface area contributed by atoms with Crippen LogP contribution in [-0.4, -0.2) is 39.3 Å². The number of thioether (sulfide) groups is 1. The summed E-state index contributed by atoms with van der Waals surface area (Å²) in [6.45, 7) is 2.88. The van der Waals surface area contributed by atoms with Crippen LogP contribution >= 0.6 is 11.8 Å². The van der Waals surface area contributed by atoms with Gasteiger partial charge in [0, 0.05) is 23.4 Å². The topological polar surface area (TPSA) is 46.1 Å². The predicted molar refractivity (Wildman–Crippen MR) is 94.5 cm³/mol. The van der Waals surface area contributed by atoms with Crippen molar-refractivity contribution in [3.63, 3.8) is 0 Å². The van der Waals surface area contributed by atoms with E-state index >= 15 is 0 Å². The second kappa shape index (κ2) is 7.77. The number of carbonyl (C=O) groups is 1. The number of fused-ring (bicyclic) bond motifs is 1. The lowest BCUT2D eigenvalue weighted by atomic mass is 9.94. The smallest absolute Gasteiger partial charge is 0.233 e. The van der Waals surface area contributed by atoms with Crippen molar-refractivity contribution in [3.8, 4) is 0 Å². The molecule has 1 heterocycles. The van der Waals surface area contributed by atoms with Crippen LogP contribution in [0.2, 0.25) is 0 Å². The van der Waals surface area contributed by atoms with Gasteiger partial charge in [-0.15, -0.1) is 5.10 Å². The van der Waals surface area contributed by atoms with Gasteiger partial charge in [0.2, 0.25) is 5.91 Å². The lowest BCUT2D eigenvalue weighted by Gasteiger charge is -2.33. The molecule has 4 nitrogen and oxygen atoms in total. The highest BCUT2D eigenvalue weighted by Gasteiger charge is 2.24. The number of aromatic nitrogens is 2. The van der Waals surface area contributed by atoms with Gasteiger partial charge in [-0.05, 0) is 19.8 Å². The maximum absolute atomic E-state index is 12.6. The summed E-state index contributed by atoms with van der Waals surface area (Å²) in [5.41, 5.74) is 0. The Bertz CT molecular complexity index is 665. The van der Waals surface area contributed by atoms with Crippen molar-refractivity contribution in [1.29, 1.82) is 0 Å². The molecule has 1 aromatic carbocycles. The van der Waals surface area contributed by atoms with Crippen LogP contribution in [0.1, 0.15) is 39.0 Å². The molecule has 0 radical (unpaired) electrons. The number of rotatable bonds is 5. The molecule has 1 amide bonds. The van der Waals surface area contributed by atoms with E-state index in [-0.39, 0.29) is 5.91 Å². The summed E-state index contributed by atoms with van der Waals surface area (Å²) < 4.78 is 0. The number of nitrogens with zero attached hydrogens (tertiary/aromatic N) is 3. The highest BCUT2D eigenvalue weighted by atomic mass is 32.2. The molecule has 122 valence electrons. The molecule has 0 saturated heterocycles. The Morgan fingerprint density at radius 2 is 2.04 bits per heavy atom. The van der Waals surface area contributed by atoms with E-state index in [9.17, 15) is 4.79 Å². The van der Waals surface area contributed by atoms with E-state index < -0.39 is 0 Å². The monoisotopic (exact) mass is 329 g/mol. The van der Waals surface area contributed by atoms with Crippen LogP contribution in [0.15, 0.2) is 35.5 Å². The van der Waals surface area contributed by atoms with Gasteiger partial charge in [-0.1, -0.05) is 55.3 Å². The number of amides is 1. The zero-order chi connectivity index (χ0) is 16.1. The molecule has 1 aliphatic carbocycles. The molecular formula is C18H23N3OS. The number of carbonyl (C=O) groups excluding carboxylic acids is 1. The third kappa shape index (κ3) is 3.83. The van der Waals surface area contributed by atoms with E-state index in [1.54, 1.807) is 6.20 Å². The van der Waals surface area contributed by atoms with Gasteiger partial charge >= 0.3 is 0 Å². The first-order valence-corrected chi connectivity index (χ1v) is 9.41. The van der Waals surface area contributed by atoms with E-state index in [4.69, 9.17) is 0 Å². The molecule has 0 atom stereocenters. The van der Waals surface area contributed by atoms with E-state index in [1.165, 1.54) is 31.0 Å². The molecule has 0 aliphatic heterocycles. The molecule has 1 saturated carbocycles. The highest BCUT2D eigenvalue weighted by Crippen LogP contribution is 2.27. The van der Waals surface area contributed by atoms with Gasteiger partial charge in [0.25, 0.3) is 0 Å². The number of hydrogen-bond acceptors (Lipinski definition) is 4. The lowest BCUT2D eigenvalue weighted by Crippen LogP contribution is -2.42. The molecule has 1 aliphatic rings. The fourth-order valence-corrected chi connectivity index (χ4v) is 4.22. The molecule has 0 N–H and O–H groups in total. The third-order valence-corrected chi connectivity index (χ3v) is 5.51. The van der Waals surface area contributed by atoms with Gasteiger partial charge < -0.3 is 4.90 Å². The molecule has 1 fully saturated rings. The zero-order valence-corrected chi connectivity index (χ0v) is 14.4.